The van der Waals surface area contributed by atoms with Gasteiger partial charge in [0, 0.05) is 19.2 Å². The van der Waals surface area contributed by atoms with Crippen LogP contribution in [-0.4, -0.2) is 30.0 Å². The number of nitrogen functional groups attached to an aromatic ring is 1. The minimum atomic E-state index is -3.64. The molecule has 0 fully saturated rings. The van der Waals surface area contributed by atoms with Gasteiger partial charge in [-0.05, 0) is 6.07 Å². The lowest BCUT2D eigenvalue weighted by Gasteiger charge is -2.13. The third kappa shape index (κ3) is 2.46. The Morgan fingerprint density at radius 2 is 2.29 bits per heavy atom. The smallest absolute Gasteiger partial charge is 0.272 e. The number of nitrogens with zero attached hydrogens (tertiary/aromatic N) is 3. The van der Waals surface area contributed by atoms with Crippen molar-refractivity contribution in [3.8, 4) is 0 Å². The molecule has 0 saturated heterocycles. The van der Waals surface area contributed by atoms with E-state index in [2.05, 4.69) is 10.2 Å². The Bertz CT molecular complexity index is 590. The number of anilines is 1. The van der Waals surface area contributed by atoms with Crippen molar-refractivity contribution in [2.75, 3.05) is 12.8 Å². The number of nitrogens with two attached hydrogens (primary N) is 1. The maximum Gasteiger partial charge on any atom is 0.272 e. The Hall–Kier alpha value is -1.45. The molecule has 0 amide bonds. The molecule has 0 aromatic carbocycles. The van der Waals surface area contributed by atoms with E-state index in [-0.39, 0.29) is 16.0 Å². The Morgan fingerprint density at radius 1 is 1.53 bits per heavy atom. The van der Waals surface area contributed by atoms with Gasteiger partial charge in [-0.25, -0.2) is 8.42 Å². The highest BCUT2D eigenvalue weighted by Crippen LogP contribution is 2.21. The van der Waals surface area contributed by atoms with E-state index in [0.717, 1.165) is 21.2 Å². The average Bonchev–Trinajstić information content (AvgIpc) is 2.89. The zero-order chi connectivity index (χ0) is 12.5. The van der Waals surface area contributed by atoms with Crippen LogP contribution in [-0.2, 0) is 16.6 Å². The van der Waals surface area contributed by atoms with Crippen molar-refractivity contribution in [1.82, 2.24) is 14.5 Å². The maximum absolute atomic E-state index is 12.0. The predicted molar refractivity (Wildman–Crippen MR) is 61.7 cm³/mol. The van der Waals surface area contributed by atoms with Crippen molar-refractivity contribution in [1.29, 1.82) is 0 Å². The topological polar surface area (TPSA) is 102 Å². The molecule has 9 heteroatoms. The second-order valence-electron chi connectivity index (χ2n) is 3.30. The Kier molecular flexibility index (Phi) is 3.13. The highest BCUT2D eigenvalue weighted by molar-refractivity contribution is 7.91. The monoisotopic (exact) mass is 274 g/mol. The quantitative estimate of drug-likeness (QED) is 0.872. The molecular weight excluding hydrogens is 264 g/mol. The molecule has 2 heterocycles. The fourth-order valence-corrected chi connectivity index (χ4v) is 3.31. The first-order valence-electron chi connectivity index (χ1n) is 4.56. The molecule has 0 bridgehead atoms. The number of hydrogen-bond acceptors (Lipinski definition) is 7. The summed E-state index contributed by atoms with van der Waals surface area (Å²) < 4.78 is 30.0. The standard InChI is InChI=1S/C8H10N4O3S2/c1-12(4-6-2-3-15-5-6)17(13,14)8-11-10-7(9)16-8/h2-3,5H,4H2,1H3,(H2,9,10). The minimum Gasteiger partial charge on any atom is -0.472 e. The lowest BCUT2D eigenvalue weighted by Crippen LogP contribution is -2.26. The first-order chi connectivity index (χ1) is 8.00. The summed E-state index contributed by atoms with van der Waals surface area (Å²) in [6, 6.07) is 1.69. The fraction of sp³-hybridized carbons (Fsp3) is 0.250. The first kappa shape index (κ1) is 12.0. The molecule has 0 radical (unpaired) electrons. The largest absolute Gasteiger partial charge is 0.472 e. The van der Waals surface area contributed by atoms with Crippen molar-refractivity contribution in [2.24, 2.45) is 0 Å². The molecule has 2 aromatic heterocycles. The number of rotatable bonds is 4. The molecular formula is C8H10N4O3S2. The summed E-state index contributed by atoms with van der Waals surface area (Å²) >= 11 is 0.838. The molecule has 2 N–H and O–H groups in total. The molecule has 2 aromatic rings. The van der Waals surface area contributed by atoms with Crippen molar-refractivity contribution < 1.29 is 12.8 Å². The highest BCUT2D eigenvalue weighted by Gasteiger charge is 2.25. The number of hydrogen-bond donors (Lipinski definition) is 1. The summed E-state index contributed by atoms with van der Waals surface area (Å²) in [6.07, 6.45) is 2.97. The molecule has 7 nitrogen and oxygen atoms in total. The van der Waals surface area contributed by atoms with Gasteiger partial charge in [-0.2, -0.15) is 4.31 Å². The van der Waals surface area contributed by atoms with Gasteiger partial charge < -0.3 is 10.2 Å². The Labute approximate surface area is 102 Å². The third-order valence-corrected chi connectivity index (χ3v) is 4.94. The lowest BCUT2D eigenvalue weighted by molar-refractivity contribution is 0.462. The Morgan fingerprint density at radius 3 is 2.82 bits per heavy atom. The molecule has 0 spiro atoms. The van der Waals surface area contributed by atoms with Gasteiger partial charge in [0.1, 0.15) is 0 Å². The van der Waals surface area contributed by atoms with E-state index in [4.69, 9.17) is 10.2 Å². The van der Waals surface area contributed by atoms with Crippen molar-refractivity contribution >= 4 is 26.5 Å². The number of sulfonamides is 1. The van der Waals surface area contributed by atoms with E-state index in [1.54, 1.807) is 6.07 Å². The number of aromatic nitrogens is 2. The SMILES string of the molecule is CN(Cc1ccoc1)S(=O)(=O)c1nnc(N)s1. The van der Waals surface area contributed by atoms with E-state index >= 15 is 0 Å². The average molecular weight is 274 g/mol. The highest BCUT2D eigenvalue weighted by atomic mass is 32.2. The van der Waals surface area contributed by atoms with E-state index in [1.165, 1.54) is 19.6 Å². The number of furan rings is 1. The molecule has 0 saturated carbocycles. The van der Waals surface area contributed by atoms with Crippen LogP contribution in [0, 0.1) is 0 Å². The van der Waals surface area contributed by atoms with Crippen molar-refractivity contribution in [2.45, 2.75) is 10.9 Å². The molecule has 92 valence electrons. The van der Waals surface area contributed by atoms with Crippen LogP contribution in [0.5, 0.6) is 0 Å². The maximum atomic E-state index is 12.0. The molecule has 0 atom stereocenters. The van der Waals surface area contributed by atoms with Crippen molar-refractivity contribution in [3.05, 3.63) is 24.2 Å². The predicted octanol–water partition coefficient (Wildman–Crippen LogP) is 0.534. The molecule has 0 aliphatic rings. The summed E-state index contributed by atoms with van der Waals surface area (Å²) in [5.41, 5.74) is 6.12. The first-order valence-corrected chi connectivity index (χ1v) is 6.82. The van der Waals surface area contributed by atoms with Crippen LogP contribution in [0.25, 0.3) is 0 Å². The minimum absolute atomic E-state index is 0.110. The van der Waals surface area contributed by atoms with Gasteiger partial charge in [0.2, 0.25) is 9.47 Å². The normalized spacial score (nSPS) is 12.1. The van der Waals surface area contributed by atoms with Crippen LogP contribution >= 0.6 is 11.3 Å². The summed E-state index contributed by atoms with van der Waals surface area (Å²) in [7, 11) is -2.18. The summed E-state index contributed by atoms with van der Waals surface area (Å²) in [5.74, 6) is 0. The van der Waals surface area contributed by atoms with Gasteiger partial charge in [0.05, 0.1) is 12.5 Å². The van der Waals surface area contributed by atoms with Gasteiger partial charge in [-0.3, -0.25) is 0 Å². The van der Waals surface area contributed by atoms with Crippen LogP contribution in [0.2, 0.25) is 0 Å². The van der Waals surface area contributed by atoms with Crippen LogP contribution < -0.4 is 5.73 Å². The molecule has 2 rings (SSSR count). The summed E-state index contributed by atoms with van der Waals surface area (Å²) in [4.78, 5) is 0. The van der Waals surface area contributed by atoms with Crippen LogP contribution in [0.4, 0.5) is 5.13 Å². The molecule has 0 aliphatic heterocycles. The second kappa shape index (κ2) is 4.43. The van der Waals surface area contributed by atoms with E-state index in [9.17, 15) is 8.42 Å². The van der Waals surface area contributed by atoms with Crippen LogP contribution in [0.1, 0.15) is 5.56 Å². The summed E-state index contributed by atoms with van der Waals surface area (Å²) in [5, 5.41) is 7.14. The summed E-state index contributed by atoms with van der Waals surface area (Å²) in [6.45, 7) is 0.207. The lowest BCUT2D eigenvalue weighted by atomic mass is 10.3. The molecule has 0 aliphatic carbocycles. The van der Waals surface area contributed by atoms with Crippen LogP contribution in [0.15, 0.2) is 27.3 Å². The van der Waals surface area contributed by atoms with E-state index in [0.29, 0.717) is 0 Å². The zero-order valence-corrected chi connectivity index (χ0v) is 10.5. The van der Waals surface area contributed by atoms with Gasteiger partial charge >= 0.3 is 0 Å². The van der Waals surface area contributed by atoms with Crippen molar-refractivity contribution in [3.63, 3.8) is 0 Å². The van der Waals surface area contributed by atoms with Gasteiger partial charge in [-0.1, -0.05) is 11.3 Å². The molecule has 17 heavy (non-hydrogen) atoms. The van der Waals surface area contributed by atoms with Gasteiger partial charge in [-0.15, -0.1) is 10.2 Å². The second-order valence-corrected chi connectivity index (χ2v) is 6.53. The Balaban J connectivity index is 2.21. The fourth-order valence-electron chi connectivity index (χ4n) is 1.18. The van der Waals surface area contributed by atoms with E-state index < -0.39 is 10.0 Å². The van der Waals surface area contributed by atoms with E-state index in [1.807, 2.05) is 0 Å². The third-order valence-electron chi connectivity index (χ3n) is 2.04. The zero-order valence-electron chi connectivity index (χ0n) is 8.90. The van der Waals surface area contributed by atoms with Crippen LogP contribution in [0.3, 0.4) is 0 Å². The van der Waals surface area contributed by atoms with Gasteiger partial charge in [0.15, 0.2) is 0 Å². The molecule has 0 unspecified atom stereocenters. The van der Waals surface area contributed by atoms with Gasteiger partial charge in [0.25, 0.3) is 10.0 Å².